The fourth-order valence-corrected chi connectivity index (χ4v) is 4.35. The summed E-state index contributed by atoms with van der Waals surface area (Å²) in [6, 6.07) is 7.43. The Morgan fingerprint density at radius 2 is 1.66 bits per heavy atom. The third-order valence-corrected chi connectivity index (χ3v) is 5.79. The lowest BCUT2D eigenvalue weighted by Crippen LogP contribution is -2.51. The molecule has 3 rings (SSSR count). The van der Waals surface area contributed by atoms with Crippen LogP contribution in [0.3, 0.4) is 0 Å². The molecule has 174 valence electrons. The normalized spacial score (nSPS) is 14.3. The lowest BCUT2D eigenvalue weighted by molar-refractivity contribution is 0.168. The minimum atomic E-state index is -3.51. The number of carbonyl (C=O) groups excluding carboxylic acids is 1. The largest absolute Gasteiger partial charge is 0.436 e. The number of carbonyl (C=O) groups is 1. The number of amides is 2. The van der Waals surface area contributed by atoms with Gasteiger partial charge in [-0.25, -0.2) is 13.2 Å². The zero-order valence-electron chi connectivity index (χ0n) is 19.5. The number of anilines is 2. The number of nitrogens with zero attached hydrogens (tertiary/aromatic N) is 4. The highest BCUT2D eigenvalue weighted by atomic mass is 32.2. The lowest BCUT2D eigenvalue weighted by atomic mass is 10.1. The maximum Gasteiger partial charge on any atom is 0.319 e. The summed E-state index contributed by atoms with van der Waals surface area (Å²) in [5.74, 6) is 1.51. The number of urea groups is 1. The lowest BCUT2D eigenvalue weighted by Gasteiger charge is -2.36. The molecule has 2 amide bonds. The molecule has 0 unspecified atom stereocenters. The summed E-state index contributed by atoms with van der Waals surface area (Å²) in [6.45, 7) is 8.30. The number of aromatic nitrogens is 1. The van der Waals surface area contributed by atoms with Gasteiger partial charge in [0.1, 0.15) is 17.3 Å². The first-order chi connectivity index (χ1) is 14.9. The van der Waals surface area contributed by atoms with Gasteiger partial charge in [0.25, 0.3) is 0 Å². The van der Waals surface area contributed by atoms with Gasteiger partial charge in [-0.3, -0.25) is 4.72 Å². The van der Waals surface area contributed by atoms with E-state index < -0.39 is 10.0 Å². The molecular formula is C22H31N5O4S. The first-order valence-corrected chi connectivity index (χ1v) is 12.3. The van der Waals surface area contributed by atoms with Gasteiger partial charge in [-0.2, -0.15) is 4.98 Å². The monoisotopic (exact) mass is 461 g/mol. The van der Waals surface area contributed by atoms with Crippen LogP contribution in [0, 0.1) is 20.8 Å². The Bertz CT molecular complexity index is 1090. The summed E-state index contributed by atoms with van der Waals surface area (Å²) in [7, 11) is -0.0370. The van der Waals surface area contributed by atoms with E-state index >= 15 is 0 Å². The van der Waals surface area contributed by atoms with E-state index in [1.807, 2.05) is 32.9 Å². The van der Waals surface area contributed by atoms with Crippen molar-refractivity contribution in [3.05, 3.63) is 41.0 Å². The average molecular weight is 462 g/mol. The Morgan fingerprint density at radius 1 is 1.06 bits per heavy atom. The molecule has 2 heterocycles. The molecule has 1 aliphatic heterocycles. The van der Waals surface area contributed by atoms with Crippen molar-refractivity contribution in [2.24, 2.45) is 0 Å². The molecule has 0 spiro atoms. The minimum Gasteiger partial charge on any atom is -0.436 e. The van der Waals surface area contributed by atoms with Crippen molar-refractivity contribution >= 4 is 27.6 Å². The van der Waals surface area contributed by atoms with Crippen LogP contribution in [0.25, 0.3) is 0 Å². The summed E-state index contributed by atoms with van der Waals surface area (Å²) >= 11 is 0. The Kier molecular flexibility index (Phi) is 6.82. The molecule has 1 N–H and O–H groups in total. The van der Waals surface area contributed by atoms with E-state index in [1.165, 1.54) is 0 Å². The molecule has 1 aromatic heterocycles. The molecule has 0 saturated carbocycles. The van der Waals surface area contributed by atoms with E-state index in [9.17, 15) is 13.2 Å². The first-order valence-electron chi connectivity index (χ1n) is 10.4. The van der Waals surface area contributed by atoms with E-state index in [0.29, 0.717) is 37.7 Å². The molecule has 1 saturated heterocycles. The fourth-order valence-electron chi connectivity index (χ4n) is 3.80. The maximum atomic E-state index is 12.2. The van der Waals surface area contributed by atoms with Crippen LogP contribution in [0.2, 0.25) is 0 Å². The van der Waals surface area contributed by atoms with Crippen LogP contribution >= 0.6 is 0 Å². The Morgan fingerprint density at radius 3 is 2.19 bits per heavy atom. The average Bonchev–Trinajstić information content (AvgIpc) is 2.70. The van der Waals surface area contributed by atoms with E-state index in [0.717, 1.165) is 22.9 Å². The molecule has 1 aromatic carbocycles. The van der Waals surface area contributed by atoms with Crippen LogP contribution in [-0.4, -0.2) is 75.8 Å². The second-order valence-electron chi connectivity index (χ2n) is 8.38. The third kappa shape index (κ3) is 5.61. The number of sulfonamides is 1. The predicted molar refractivity (Wildman–Crippen MR) is 126 cm³/mol. The number of ether oxygens (including phenoxy) is 1. The molecule has 32 heavy (non-hydrogen) atoms. The molecule has 1 fully saturated rings. The summed E-state index contributed by atoms with van der Waals surface area (Å²) in [6.07, 6.45) is 1.09. The van der Waals surface area contributed by atoms with Gasteiger partial charge in [0, 0.05) is 40.3 Å². The Balaban J connectivity index is 1.90. The van der Waals surface area contributed by atoms with Crippen LogP contribution in [-0.2, 0) is 10.0 Å². The number of pyridine rings is 1. The standard InChI is InChI=1S/C22H31N5O4S/c1-15-13-16(2)20(17(3)14-15)31-21-18(24-32(6,29)30)7-8-19(23-21)26-9-11-27(12-10-26)22(28)25(4)5/h7-8,13-14,24H,9-12H2,1-6H3. The summed E-state index contributed by atoms with van der Waals surface area (Å²) < 4.78 is 32.4. The highest BCUT2D eigenvalue weighted by Gasteiger charge is 2.24. The van der Waals surface area contributed by atoms with Gasteiger partial charge < -0.3 is 19.4 Å². The van der Waals surface area contributed by atoms with Gasteiger partial charge in [0.05, 0.1) is 6.26 Å². The Labute approximate surface area is 190 Å². The molecular weight excluding hydrogens is 430 g/mol. The third-order valence-electron chi connectivity index (χ3n) is 5.20. The highest BCUT2D eigenvalue weighted by molar-refractivity contribution is 7.92. The van der Waals surface area contributed by atoms with Crippen molar-refractivity contribution in [2.75, 3.05) is 56.2 Å². The van der Waals surface area contributed by atoms with Crippen LogP contribution in [0.5, 0.6) is 11.6 Å². The summed E-state index contributed by atoms with van der Waals surface area (Å²) in [4.78, 5) is 22.3. The van der Waals surface area contributed by atoms with E-state index in [1.54, 1.807) is 36.0 Å². The topological polar surface area (TPSA) is 95.1 Å². The number of piperazine rings is 1. The molecule has 10 heteroatoms. The number of nitrogens with one attached hydrogen (secondary N) is 1. The second-order valence-corrected chi connectivity index (χ2v) is 10.1. The fraction of sp³-hybridized carbons (Fsp3) is 0.455. The van der Waals surface area contributed by atoms with Gasteiger partial charge in [-0.15, -0.1) is 0 Å². The zero-order valence-corrected chi connectivity index (χ0v) is 20.3. The summed E-state index contributed by atoms with van der Waals surface area (Å²) in [5, 5.41) is 0. The number of hydrogen-bond acceptors (Lipinski definition) is 6. The number of benzene rings is 1. The first kappa shape index (κ1) is 23.6. The molecule has 0 radical (unpaired) electrons. The zero-order chi connectivity index (χ0) is 23.6. The maximum absolute atomic E-state index is 12.2. The van der Waals surface area contributed by atoms with Crippen LogP contribution in [0.15, 0.2) is 24.3 Å². The quantitative estimate of drug-likeness (QED) is 0.736. The van der Waals surface area contributed by atoms with E-state index in [2.05, 4.69) is 14.6 Å². The molecule has 2 aromatic rings. The van der Waals surface area contributed by atoms with Crippen LogP contribution in [0.4, 0.5) is 16.3 Å². The van der Waals surface area contributed by atoms with Crippen molar-refractivity contribution < 1.29 is 17.9 Å². The SMILES string of the molecule is Cc1cc(C)c(Oc2nc(N3CCN(C(=O)N(C)C)CC3)ccc2NS(C)(=O)=O)c(C)c1. The van der Waals surface area contributed by atoms with Gasteiger partial charge >= 0.3 is 6.03 Å². The highest BCUT2D eigenvalue weighted by Crippen LogP contribution is 2.35. The van der Waals surface area contributed by atoms with Gasteiger partial charge in [-0.1, -0.05) is 17.7 Å². The van der Waals surface area contributed by atoms with E-state index in [-0.39, 0.29) is 17.6 Å². The number of aryl methyl sites for hydroxylation is 3. The molecule has 0 aliphatic carbocycles. The molecule has 1 aliphatic rings. The van der Waals surface area contributed by atoms with Crippen molar-refractivity contribution in [2.45, 2.75) is 20.8 Å². The molecule has 0 atom stereocenters. The van der Waals surface area contributed by atoms with E-state index in [4.69, 9.17) is 4.74 Å². The minimum absolute atomic E-state index is 0.0142. The molecule has 9 nitrogen and oxygen atoms in total. The molecule has 0 bridgehead atoms. The summed E-state index contributed by atoms with van der Waals surface area (Å²) in [5.41, 5.74) is 3.28. The second kappa shape index (κ2) is 9.23. The van der Waals surface area contributed by atoms with Crippen LogP contribution in [0.1, 0.15) is 16.7 Å². The van der Waals surface area contributed by atoms with Crippen molar-refractivity contribution in [3.63, 3.8) is 0 Å². The number of rotatable bonds is 5. The Hall–Kier alpha value is -3.01. The smallest absolute Gasteiger partial charge is 0.319 e. The van der Waals surface area contributed by atoms with Gasteiger partial charge in [0.2, 0.25) is 15.9 Å². The van der Waals surface area contributed by atoms with Crippen molar-refractivity contribution in [1.82, 2.24) is 14.8 Å². The van der Waals surface area contributed by atoms with Crippen molar-refractivity contribution in [3.8, 4) is 11.6 Å². The van der Waals surface area contributed by atoms with Gasteiger partial charge in [-0.05, 0) is 44.0 Å². The van der Waals surface area contributed by atoms with Crippen LogP contribution < -0.4 is 14.4 Å². The number of hydrogen-bond donors (Lipinski definition) is 1. The van der Waals surface area contributed by atoms with Gasteiger partial charge in [0.15, 0.2) is 0 Å². The van der Waals surface area contributed by atoms with Crippen molar-refractivity contribution in [1.29, 1.82) is 0 Å². The predicted octanol–water partition coefficient (Wildman–Crippen LogP) is 2.97.